The number of halogens is 2. The molecular formula is C19H30Cl2N4O2. The van der Waals surface area contributed by atoms with E-state index in [9.17, 15) is 9.59 Å². The lowest BCUT2D eigenvalue weighted by Gasteiger charge is -2.34. The van der Waals surface area contributed by atoms with Crippen LogP contribution in [-0.2, 0) is 0 Å². The van der Waals surface area contributed by atoms with Crippen molar-refractivity contribution in [3.8, 4) is 0 Å². The summed E-state index contributed by atoms with van der Waals surface area (Å²) in [5.41, 5.74) is 6.58. The predicted molar refractivity (Wildman–Crippen MR) is 113 cm³/mol. The summed E-state index contributed by atoms with van der Waals surface area (Å²) in [6.07, 6.45) is 1.96. The van der Waals surface area contributed by atoms with Crippen molar-refractivity contribution in [2.45, 2.75) is 52.1 Å². The molecule has 1 fully saturated rings. The Morgan fingerprint density at radius 1 is 1.33 bits per heavy atom. The van der Waals surface area contributed by atoms with Crippen molar-refractivity contribution in [3.63, 3.8) is 0 Å². The van der Waals surface area contributed by atoms with Gasteiger partial charge in [0.1, 0.15) is 0 Å². The van der Waals surface area contributed by atoms with E-state index in [1.165, 1.54) is 0 Å². The molecule has 4 N–H and O–H groups in total. The highest BCUT2D eigenvalue weighted by atomic mass is 35.5. The highest BCUT2D eigenvalue weighted by Crippen LogP contribution is 2.26. The number of hydrogen-bond donors (Lipinski definition) is 3. The van der Waals surface area contributed by atoms with Gasteiger partial charge in [0.05, 0.1) is 10.6 Å². The van der Waals surface area contributed by atoms with Gasteiger partial charge in [-0.25, -0.2) is 4.79 Å². The molecule has 0 aliphatic carbocycles. The van der Waals surface area contributed by atoms with Gasteiger partial charge in [-0.15, -0.1) is 12.4 Å². The maximum atomic E-state index is 12.9. The van der Waals surface area contributed by atoms with E-state index in [2.05, 4.69) is 10.6 Å². The van der Waals surface area contributed by atoms with Crippen molar-refractivity contribution in [2.75, 3.05) is 18.4 Å². The standard InChI is InChI=1S/C19H29ClN4O2.ClH/c1-12(21)13-6-5-9-24(11-13)17(25)15-10-14(7-8-16(15)20)22-18(26)23-19(2,3)4;/h7-8,10,12-13H,5-6,9,11,21H2,1-4H3,(H2,22,23,26);1H. The largest absolute Gasteiger partial charge is 0.338 e. The van der Waals surface area contributed by atoms with Crippen LogP contribution >= 0.6 is 24.0 Å². The lowest BCUT2D eigenvalue weighted by molar-refractivity contribution is 0.0661. The molecule has 1 aromatic rings. The Kier molecular flexibility index (Phi) is 8.39. The number of carbonyl (C=O) groups excluding carboxylic acids is 2. The lowest BCUT2D eigenvalue weighted by Crippen LogP contribution is -2.45. The summed E-state index contributed by atoms with van der Waals surface area (Å²) in [7, 11) is 0. The first-order chi connectivity index (χ1) is 12.1. The Bertz CT molecular complexity index is 674. The van der Waals surface area contributed by atoms with E-state index < -0.39 is 0 Å². The van der Waals surface area contributed by atoms with E-state index in [4.69, 9.17) is 17.3 Å². The minimum absolute atomic E-state index is 0. The summed E-state index contributed by atoms with van der Waals surface area (Å²) in [5.74, 6) is 0.172. The molecule has 152 valence electrons. The van der Waals surface area contributed by atoms with Gasteiger partial charge in [-0.1, -0.05) is 11.6 Å². The number of anilines is 1. The van der Waals surface area contributed by atoms with Crippen molar-refractivity contribution < 1.29 is 9.59 Å². The second kappa shape index (κ2) is 9.62. The van der Waals surface area contributed by atoms with E-state index >= 15 is 0 Å². The number of nitrogens with zero attached hydrogens (tertiary/aromatic N) is 1. The Morgan fingerprint density at radius 3 is 2.59 bits per heavy atom. The summed E-state index contributed by atoms with van der Waals surface area (Å²) in [6, 6.07) is 4.67. The number of urea groups is 1. The third-order valence-corrected chi connectivity index (χ3v) is 4.76. The van der Waals surface area contributed by atoms with Crippen LogP contribution in [0.5, 0.6) is 0 Å². The van der Waals surface area contributed by atoms with Crippen LogP contribution in [0.15, 0.2) is 18.2 Å². The van der Waals surface area contributed by atoms with Gasteiger partial charge in [-0.2, -0.15) is 0 Å². The Labute approximate surface area is 172 Å². The van der Waals surface area contributed by atoms with Gasteiger partial charge in [0.2, 0.25) is 0 Å². The quantitative estimate of drug-likeness (QED) is 0.698. The van der Waals surface area contributed by atoms with Gasteiger partial charge in [0.25, 0.3) is 5.91 Å². The van der Waals surface area contributed by atoms with Crippen molar-refractivity contribution in [1.29, 1.82) is 0 Å². The fourth-order valence-corrected chi connectivity index (χ4v) is 3.26. The van der Waals surface area contributed by atoms with Gasteiger partial charge >= 0.3 is 6.03 Å². The highest BCUT2D eigenvalue weighted by molar-refractivity contribution is 6.34. The summed E-state index contributed by atoms with van der Waals surface area (Å²) >= 11 is 6.25. The molecule has 27 heavy (non-hydrogen) atoms. The number of nitrogens with two attached hydrogens (primary N) is 1. The second-order valence-corrected chi connectivity index (χ2v) is 8.44. The van der Waals surface area contributed by atoms with Gasteiger partial charge in [-0.05, 0) is 64.7 Å². The normalized spacial score (nSPS) is 18.3. The molecule has 2 unspecified atom stereocenters. The lowest BCUT2D eigenvalue weighted by atomic mass is 9.92. The molecule has 2 rings (SSSR count). The monoisotopic (exact) mass is 416 g/mol. The van der Waals surface area contributed by atoms with E-state index in [1.807, 2.05) is 27.7 Å². The summed E-state index contributed by atoms with van der Waals surface area (Å²) in [6.45, 7) is 9.00. The maximum absolute atomic E-state index is 12.9. The maximum Gasteiger partial charge on any atom is 0.319 e. The zero-order chi connectivity index (χ0) is 19.5. The van der Waals surface area contributed by atoms with Crippen LogP contribution in [0.2, 0.25) is 5.02 Å². The molecule has 0 radical (unpaired) electrons. The summed E-state index contributed by atoms with van der Waals surface area (Å²) in [4.78, 5) is 26.8. The van der Waals surface area contributed by atoms with Crippen molar-refractivity contribution in [3.05, 3.63) is 28.8 Å². The van der Waals surface area contributed by atoms with Crippen LogP contribution in [0.25, 0.3) is 0 Å². The molecular weight excluding hydrogens is 387 g/mol. The average molecular weight is 417 g/mol. The number of piperidine rings is 1. The average Bonchev–Trinajstić information content (AvgIpc) is 2.54. The van der Waals surface area contributed by atoms with E-state index in [0.717, 1.165) is 12.8 Å². The minimum Gasteiger partial charge on any atom is -0.338 e. The molecule has 1 heterocycles. The first-order valence-electron chi connectivity index (χ1n) is 9.00. The first-order valence-corrected chi connectivity index (χ1v) is 9.38. The van der Waals surface area contributed by atoms with E-state index in [-0.39, 0.29) is 35.9 Å². The topological polar surface area (TPSA) is 87.5 Å². The van der Waals surface area contributed by atoms with Gasteiger partial charge < -0.3 is 21.3 Å². The second-order valence-electron chi connectivity index (χ2n) is 8.04. The number of benzene rings is 1. The zero-order valence-electron chi connectivity index (χ0n) is 16.3. The van der Waals surface area contributed by atoms with Crippen LogP contribution < -0.4 is 16.4 Å². The van der Waals surface area contributed by atoms with Crippen molar-refractivity contribution in [1.82, 2.24) is 10.2 Å². The molecule has 0 bridgehead atoms. The van der Waals surface area contributed by atoms with Crippen LogP contribution in [0.4, 0.5) is 10.5 Å². The fraction of sp³-hybridized carbons (Fsp3) is 0.579. The molecule has 0 spiro atoms. The predicted octanol–water partition coefficient (Wildman–Crippen LogP) is 3.88. The number of carbonyl (C=O) groups is 2. The molecule has 0 saturated carbocycles. The molecule has 2 atom stereocenters. The molecule has 8 heteroatoms. The third-order valence-electron chi connectivity index (χ3n) is 4.43. The van der Waals surface area contributed by atoms with Crippen molar-refractivity contribution in [2.24, 2.45) is 11.7 Å². The minimum atomic E-state index is -0.350. The Hall–Kier alpha value is -1.50. The van der Waals surface area contributed by atoms with Crippen LogP contribution in [-0.4, -0.2) is 41.5 Å². The van der Waals surface area contributed by atoms with Crippen LogP contribution in [0.1, 0.15) is 50.9 Å². The number of nitrogens with one attached hydrogen (secondary N) is 2. The fourth-order valence-electron chi connectivity index (χ4n) is 3.06. The van der Waals surface area contributed by atoms with Crippen LogP contribution in [0.3, 0.4) is 0 Å². The van der Waals surface area contributed by atoms with Gasteiger partial charge in [-0.3, -0.25) is 4.79 Å². The molecule has 1 saturated heterocycles. The molecule has 1 aliphatic heterocycles. The van der Waals surface area contributed by atoms with E-state index in [1.54, 1.807) is 23.1 Å². The molecule has 3 amide bonds. The Morgan fingerprint density at radius 2 is 2.00 bits per heavy atom. The van der Waals surface area contributed by atoms with Gasteiger partial charge in [0.15, 0.2) is 0 Å². The van der Waals surface area contributed by atoms with E-state index in [0.29, 0.717) is 35.3 Å². The van der Waals surface area contributed by atoms with Gasteiger partial charge in [0, 0.05) is 30.4 Å². The Balaban J connectivity index is 0.00000364. The number of likely N-dealkylation sites (tertiary alicyclic amines) is 1. The zero-order valence-corrected chi connectivity index (χ0v) is 17.9. The van der Waals surface area contributed by atoms with Crippen LogP contribution in [0, 0.1) is 5.92 Å². The molecule has 0 aromatic heterocycles. The molecule has 1 aromatic carbocycles. The highest BCUT2D eigenvalue weighted by Gasteiger charge is 2.27. The third kappa shape index (κ3) is 6.87. The smallest absolute Gasteiger partial charge is 0.319 e. The number of hydrogen-bond acceptors (Lipinski definition) is 3. The number of rotatable bonds is 3. The first kappa shape index (κ1) is 23.5. The SMILES string of the molecule is CC(N)C1CCCN(C(=O)c2cc(NC(=O)NC(C)(C)C)ccc2Cl)C1.Cl. The molecule has 1 aliphatic rings. The number of amides is 3. The summed E-state index contributed by atoms with van der Waals surface area (Å²) < 4.78 is 0. The summed E-state index contributed by atoms with van der Waals surface area (Å²) in [5, 5.41) is 5.95. The molecule has 6 nitrogen and oxygen atoms in total. The van der Waals surface area contributed by atoms with Crippen molar-refractivity contribution >= 4 is 41.6 Å².